The van der Waals surface area contributed by atoms with E-state index in [1.54, 1.807) is 18.0 Å². The smallest absolute Gasteiger partial charge is 0.263 e. The zero-order valence-corrected chi connectivity index (χ0v) is 19.7. The van der Waals surface area contributed by atoms with E-state index in [-0.39, 0.29) is 17.0 Å². The van der Waals surface area contributed by atoms with Crippen LogP contribution >= 0.6 is 11.9 Å². The van der Waals surface area contributed by atoms with Crippen molar-refractivity contribution in [1.29, 1.82) is 0 Å². The number of carbonyl (C=O) groups is 1. The first kappa shape index (κ1) is 22.2. The van der Waals surface area contributed by atoms with Crippen LogP contribution < -0.4 is 9.57 Å². The van der Waals surface area contributed by atoms with Crippen molar-refractivity contribution in [3.63, 3.8) is 0 Å². The number of ether oxygens (including phenoxy) is 1. The van der Waals surface area contributed by atoms with Crippen molar-refractivity contribution < 1.29 is 17.9 Å². The summed E-state index contributed by atoms with van der Waals surface area (Å²) in [4.78, 5) is 24.5. The number of amides is 1. The molecule has 9 nitrogen and oxygen atoms in total. The molecule has 2 saturated heterocycles. The minimum atomic E-state index is -3.36. The second kappa shape index (κ2) is 8.87. The monoisotopic (exact) mass is 467 g/mol. The van der Waals surface area contributed by atoms with Gasteiger partial charge in [0.15, 0.2) is 21.0 Å². The third kappa shape index (κ3) is 4.93. The number of rotatable bonds is 6. The lowest BCUT2D eigenvalue weighted by Gasteiger charge is -2.37. The van der Waals surface area contributed by atoms with Gasteiger partial charge in [0.1, 0.15) is 10.8 Å². The zero-order chi connectivity index (χ0) is 22.2. The SMILES string of the molecule is CC(C)N1C=C(N2CCC(N3CC[C@H](Oc4ccc(S(C)(=O)=O)nc4)C3=O)CC2)SN1. The maximum atomic E-state index is 12.9. The van der Waals surface area contributed by atoms with Gasteiger partial charge in [-0.3, -0.25) is 4.79 Å². The van der Waals surface area contributed by atoms with Gasteiger partial charge in [0, 0.05) is 50.6 Å². The summed E-state index contributed by atoms with van der Waals surface area (Å²) >= 11 is 1.64. The molecule has 11 heteroatoms. The van der Waals surface area contributed by atoms with Crippen LogP contribution in [-0.2, 0) is 14.6 Å². The Morgan fingerprint density at radius 3 is 2.52 bits per heavy atom. The fourth-order valence-corrected chi connectivity index (χ4v) is 5.54. The second-order valence-electron chi connectivity index (χ2n) is 8.41. The van der Waals surface area contributed by atoms with Gasteiger partial charge in [0.05, 0.1) is 6.20 Å². The standard InChI is InChI=1S/C20H29N5O4S2/c1-14(2)25-13-19(30-22-25)23-9-6-15(7-10-23)24-11-8-17(20(24)26)29-16-4-5-18(21-12-16)31(3,27)28/h4-5,12-15,17,22H,6-11H2,1-3H3/t17-/m0/s1. The molecule has 3 aliphatic heterocycles. The van der Waals surface area contributed by atoms with Crippen LogP contribution in [0.4, 0.5) is 0 Å². The van der Waals surface area contributed by atoms with Crippen LogP contribution in [0.5, 0.6) is 5.75 Å². The second-order valence-corrected chi connectivity index (χ2v) is 11.2. The van der Waals surface area contributed by atoms with Gasteiger partial charge in [-0.1, -0.05) is 0 Å². The van der Waals surface area contributed by atoms with Crippen LogP contribution in [0.1, 0.15) is 33.1 Å². The Balaban J connectivity index is 1.30. The summed E-state index contributed by atoms with van der Waals surface area (Å²) in [5.41, 5.74) is 0. The van der Waals surface area contributed by atoms with Crippen LogP contribution in [-0.4, -0.2) is 78.2 Å². The maximum absolute atomic E-state index is 12.9. The van der Waals surface area contributed by atoms with E-state index in [0.29, 0.717) is 24.8 Å². The molecule has 2 fully saturated rings. The summed E-state index contributed by atoms with van der Waals surface area (Å²) in [5, 5.41) is 3.33. The van der Waals surface area contributed by atoms with E-state index in [1.807, 2.05) is 4.90 Å². The van der Waals surface area contributed by atoms with Crippen molar-refractivity contribution in [2.24, 2.45) is 0 Å². The molecule has 4 heterocycles. The molecule has 0 aromatic carbocycles. The molecule has 0 unspecified atom stereocenters. The molecular formula is C20H29N5O4S2. The van der Waals surface area contributed by atoms with Crippen molar-refractivity contribution in [2.45, 2.75) is 56.3 Å². The van der Waals surface area contributed by atoms with Gasteiger partial charge in [-0.05, 0) is 50.8 Å². The van der Waals surface area contributed by atoms with Gasteiger partial charge in [0.25, 0.3) is 5.91 Å². The number of aromatic nitrogens is 1. The number of pyridine rings is 1. The highest BCUT2D eigenvalue weighted by molar-refractivity contribution is 8.01. The maximum Gasteiger partial charge on any atom is 0.263 e. The molecule has 0 radical (unpaired) electrons. The number of hydrogen-bond donors (Lipinski definition) is 1. The Morgan fingerprint density at radius 2 is 1.94 bits per heavy atom. The van der Waals surface area contributed by atoms with Crippen molar-refractivity contribution >= 4 is 27.7 Å². The van der Waals surface area contributed by atoms with Crippen LogP contribution in [0, 0.1) is 0 Å². The summed E-state index contributed by atoms with van der Waals surface area (Å²) in [6, 6.07) is 3.59. The first-order valence-electron chi connectivity index (χ1n) is 10.5. The topological polar surface area (TPSA) is 95.1 Å². The minimum Gasteiger partial charge on any atom is -0.479 e. The number of hydrogen-bond acceptors (Lipinski definition) is 9. The molecule has 0 bridgehead atoms. The molecule has 4 rings (SSSR count). The molecule has 0 saturated carbocycles. The Bertz CT molecular complexity index is 943. The summed E-state index contributed by atoms with van der Waals surface area (Å²) in [5.74, 6) is 0.419. The normalized spacial score (nSPS) is 23.1. The molecule has 1 aromatic heterocycles. The fraction of sp³-hybridized carbons (Fsp3) is 0.600. The first-order chi connectivity index (χ1) is 14.7. The molecule has 1 aromatic rings. The number of piperidine rings is 1. The van der Waals surface area contributed by atoms with Crippen LogP contribution in [0.2, 0.25) is 0 Å². The molecule has 1 N–H and O–H groups in total. The molecule has 31 heavy (non-hydrogen) atoms. The molecule has 1 atom stereocenters. The van der Waals surface area contributed by atoms with E-state index < -0.39 is 15.9 Å². The van der Waals surface area contributed by atoms with Gasteiger partial charge >= 0.3 is 0 Å². The number of sulfone groups is 1. The molecule has 0 spiro atoms. The Morgan fingerprint density at radius 1 is 1.19 bits per heavy atom. The van der Waals surface area contributed by atoms with Gasteiger partial charge < -0.3 is 19.5 Å². The summed E-state index contributed by atoms with van der Waals surface area (Å²) in [6.07, 6.45) is 6.58. The molecule has 0 aliphatic carbocycles. The predicted molar refractivity (Wildman–Crippen MR) is 118 cm³/mol. The van der Waals surface area contributed by atoms with Crippen molar-refractivity contribution in [3.05, 3.63) is 29.6 Å². The minimum absolute atomic E-state index is 0.00626. The molecule has 3 aliphatic rings. The van der Waals surface area contributed by atoms with E-state index in [1.165, 1.54) is 17.3 Å². The van der Waals surface area contributed by atoms with E-state index in [9.17, 15) is 13.2 Å². The molecule has 1 amide bonds. The number of carbonyl (C=O) groups excluding carboxylic acids is 1. The fourth-order valence-electron chi connectivity index (χ4n) is 4.04. The Hall–Kier alpha value is -1.98. The third-order valence-corrected chi connectivity index (χ3v) is 7.71. The predicted octanol–water partition coefficient (Wildman–Crippen LogP) is 1.60. The average Bonchev–Trinajstić information content (AvgIpc) is 3.36. The summed E-state index contributed by atoms with van der Waals surface area (Å²) < 4.78 is 28.9. The third-order valence-electron chi connectivity index (χ3n) is 5.84. The highest BCUT2D eigenvalue weighted by Crippen LogP contribution is 2.31. The quantitative estimate of drug-likeness (QED) is 0.626. The average molecular weight is 468 g/mol. The highest BCUT2D eigenvalue weighted by atomic mass is 32.2. The van der Waals surface area contributed by atoms with Gasteiger partial charge in [-0.15, -0.1) is 0 Å². The lowest BCUT2D eigenvalue weighted by molar-refractivity contribution is -0.136. The summed E-state index contributed by atoms with van der Waals surface area (Å²) in [7, 11) is -3.36. The van der Waals surface area contributed by atoms with Gasteiger partial charge in [-0.2, -0.15) is 4.83 Å². The van der Waals surface area contributed by atoms with Crippen molar-refractivity contribution in [1.82, 2.24) is 24.6 Å². The Kier molecular flexibility index (Phi) is 6.36. The number of likely N-dealkylation sites (tertiary alicyclic amines) is 2. The summed E-state index contributed by atoms with van der Waals surface area (Å²) in [6.45, 7) is 6.81. The van der Waals surface area contributed by atoms with Crippen molar-refractivity contribution in [2.75, 3.05) is 25.9 Å². The number of nitrogens with zero attached hydrogens (tertiary/aromatic N) is 4. The lowest BCUT2D eigenvalue weighted by Crippen LogP contribution is -2.46. The largest absolute Gasteiger partial charge is 0.479 e. The van der Waals surface area contributed by atoms with Gasteiger partial charge in [-0.25, -0.2) is 13.4 Å². The van der Waals surface area contributed by atoms with Gasteiger partial charge in [0.2, 0.25) is 0 Å². The highest BCUT2D eigenvalue weighted by Gasteiger charge is 2.39. The van der Waals surface area contributed by atoms with Crippen molar-refractivity contribution in [3.8, 4) is 5.75 Å². The van der Waals surface area contributed by atoms with E-state index in [0.717, 1.165) is 32.2 Å². The molecular weight excluding hydrogens is 438 g/mol. The number of nitrogens with one attached hydrogen (secondary N) is 1. The Labute approximate surface area is 187 Å². The zero-order valence-electron chi connectivity index (χ0n) is 18.0. The van der Waals surface area contributed by atoms with Crippen LogP contribution in [0.15, 0.2) is 34.6 Å². The van der Waals surface area contributed by atoms with E-state index in [2.05, 4.69) is 39.8 Å². The molecule has 170 valence electrons. The van der Waals surface area contributed by atoms with Crippen LogP contribution in [0.3, 0.4) is 0 Å². The van der Waals surface area contributed by atoms with E-state index >= 15 is 0 Å². The van der Waals surface area contributed by atoms with E-state index in [4.69, 9.17) is 4.74 Å². The first-order valence-corrected chi connectivity index (χ1v) is 13.2. The number of hydrazine groups is 1. The lowest BCUT2D eigenvalue weighted by atomic mass is 10.0. The van der Waals surface area contributed by atoms with Crippen LogP contribution in [0.25, 0.3) is 0 Å².